The number of para-hydroxylation sites is 1. The van der Waals surface area contributed by atoms with Crippen molar-refractivity contribution in [1.29, 1.82) is 0 Å². The minimum absolute atomic E-state index is 0.208. The molecule has 0 fully saturated rings. The van der Waals surface area contributed by atoms with E-state index in [0.29, 0.717) is 32.0 Å². The van der Waals surface area contributed by atoms with Gasteiger partial charge in [-0.1, -0.05) is 41.7 Å². The highest BCUT2D eigenvalue weighted by atomic mass is 32.1. The van der Waals surface area contributed by atoms with Crippen molar-refractivity contribution in [2.75, 3.05) is 12.4 Å². The zero-order chi connectivity index (χ0) is 25.4. The van der Waals surface area contributed by atoms with E-state index in [1.165, 1.54) is 11.3 Å². The van der Waals surface area contributed by atoms with E-state index in [2.05, 4.69) is 15.4 Å². The largest absolute Gasteiger partial charge is 0.497 e. The summed E-state index contributed by atoms with van der Waals surface area (Å²) < 4.78 is 9.22. The smallest absolute Gasteiger partial charge is 0.271 e. The first-order valence-electron chi connectivity index (χ1n) is 11.4. The van der Waals surface area contributed by atoms with Crippen molar-refractivity contribution in [2.45, 2.75) is 19.9 Å². The van der Waals surface area contributed by atoms with Gasteiger partial charge in [-0.3, -0.25) is 18.8 Å². The molecule has 1 amide bonds. The van der Waals surface area contributed by atoms with Crippen molar-refractivity contribution < 1.29 is 9.53 Å². The first kappa shape index (κ1) is 23.5. The molecule has 0 bridgehead atoms. The Morgan fingerprint density at radius 1 is 1.11 bits per heavy atom. The molecule has 1 N–H and O–H groups in total. The van der Waals surface area contributed by atoms with Gasteiger partial charge in [-0.05, 0) is 49.8 Å². The predicted molar refractivity (Wildman–Crippen MR) is 140 cm³/mol. The van der Waals surface area contributed by atoms with Crippen molar-refractivity contribution in [3.8, 4) is 5.75 Å². The lowest BCUT2D eigenvalue weighted by molar-refractivity contribution is -0.113. The van der Waals surface area contributed by atoms with Crippen LogP contribution in [0.15, 0.2) is 81.9 Å². The number of anilines is 1. The van der Waals surface area contributed by atoms with Crippen LogP contribution in [0.4, 0.5) is 5.69 Å². The summed E-state index contributed by atoms with van der Waals surface area (Å²) in [6, 6.07) is 16.0. The minimum atomic E-state index is -0.645. The van der Waals surface area contributed by atoms with Crippen LogP contribution >= 0.6 is 11.3 Å². The van der Waals surface area contributed by atoms with Gasteiger partial charge in [-0.15, -0.1) is 0 Å². The van der Waals surface area contributed by atoms with E-state index >= 15 is 0 Å². The van der Waals surface area contributed by atoms with Gasteiger partial charge in [-0.25, -0.2) is 4.99 Å². The molecule has 4 aromatic rings. The van der Waals surface area contributed by atoms with Crippen LogP contribution in [-0.4, -0.2) is 27.4 Å². The molecule has 2 aromatic carbocycles. The van der Waals surface area contributed by atoms with Crippen molar-refractivity contribution in [3.63, 3.8) is 0 Å². The number of thiazole rings is 1. The number of hydrogen-bond donors (Lipinski definition) is 1. The Kier molecular flexibility index (Phi) is 6.15. The van der Waals surface area contributed by atoms with Gasteiger partial charge in [0.15, 0.2) is 4.80 Å². The van der Waals surface area contributed by atoms with Crippen molar-refractivity contribution in [2.24, 2.45) is 12.0 Å². The number of hydrogen-bond acceptors (Lipinski definition) is 6. The Hall–Kier alpha value is -4.24. The maximum Gasteiger partial charge on any atom is 0.271 e. The summed E-state index contributed by atoms with van der Waals surface area (Å²) in [7, 11) is 3.46. The Morgan fingerprint density at radius 3 is 2.47 bits per heavy atom. The quantitative estimate of drug-likeness (QED) is 0.457. The monoisotopic (exact) mass is 499 g/mol. The topological polar surface area (TPSA) is 90.5 Å². The van der Waals surface area contributed by atoms with Crippen molar-refractivity contribution >= 4 is 29.0 Å². The zero-order valence-corrected chi connectivity index (χ0v) is 21.2. The SMILES string of the molecule is COc1ccc([C@@H]2C(C(=O)Nc3ccccc3)=C(C)N=c3s/c(=C/c4cnn(C)c4C)c(=O)n32)cc1. The van der Waals surface area contributed by atoms with E-state index in [1.807, 2.05) is 74.6 Å². The van der Waals surface area contributed by atoms with Gasteiger partial charge in [0.1, 0.15) is 5.75 Å². The lowest BCUT2D eigenvalue weighted by atomic mass is 9.95. The number of carbonyl (C=O) groups is 1. The molecule has 0 saturated heterocycles. The fraction of sp³-hybridized carbons (Fsp3) is 0.185. The molecule has 0 aliphatic carbocycles. The number of aryl methyl sites for hydroxylation is 1. The zero-order valence-electron chi connectivity index (χ0n) is 20.4. The van der Waals surface area contributed by atoms with Crippen LogP contribution in [0.25, 0.3) is 6.08 Å². The van der Waals surface area contributed by atoms with Crippen LogP contribution in [0.3, 0.4) is 0 Å². The molecule has 0 radical (unpaired) electrons. The van der Waals surface area contributed by atoms with Gasteiger partial charge >= 0.3 is 0 Å². The second-order valence-electron chi connectivity index (χ2n) is 8.48. The number of benzene rings is 2. The maximum absolute atomic E-state index is 13.8. The van der Waals surface area contributed by atoms with E-state index in [4.69, 9.17) is 4.74 Å². The summed E-state index contributed by atoms with van der Waals surface area (Å²) >= 11 is 1.30. The van der Waals surface area contributed by atoms with Gasteiger partial charge < -0.3 is 10.1 Å². The average Bonchev–Trinajstić information content (AvgIpc) is 3.36. The molecular weight excluding hydrogens is 474 g/mol. The first-order chi connectivity index (χ1) is 17.4. The molecule has 1 aliphatic heterocycles. The molecule has 5 rings (SSSR count). The van der Waals surface area contributed by atoms with Gasteiger partial charge in [0.2, 0.25) is 0 Å². The standard InChI is InChI=1S/C27H25N5O3S/c1-16-23(25(33)30-20-8-6-5-7-9-20)24(18-10-12-21(35-4)13-11-18)32-26(34)22(36-27(32)29-16)14-19-15-28-31(3)17(19)2/h5-15,24H,1-4H3,(H,30,33)/b22-14+/t24-/m1/s1. The molecule has 0 spiro atoms. The van der Waals surface area contributed by atoms with Crippen LogP contribution in [0.1, 0.15) is 29.8 Å². The third-order valence-corrected chi connectivity index (χ3v) is 7.27. The number of nitrogens with zero attached hydrogens (tertiary/aromatic N) is 4. The molecule has 8 nitrogen and oxygen atoms in total. The summed E-state index contributed by atoms with van der Waals surface area (Å²) in [4.78, 5) is 32.5. The summed E-state index contributed by atoms with van der Waals surface area (Å²) in [6.07, 6.45) is 3.57. The highest BCUT2D eigenvalue weighted by Gasteiger charge is 2.32. The van der Waals surface area contributed by atoms with E-state index in [1.54, 1.807) is 29.5 Å². The highest BCUT2D eigenvalue weighted by Crippen LogP contribution is 2.31. The number of aromatic nitrogens is 3. The number of rotatable bonds is 5. The average molecular weight is 500 g/mol. The predicted octanol–water partition coefficient (Wildman–Crippen LogP) is 2.92. The number of nitrogens with one attached hydrogen (secondary N) is 1. The molecule has 36 heavy (non-hydrogen) atoms. The first-order valence-corrected chi connectivity index (χ1v) is 12.2. The summed E-state index contributed by atoms with van der Waals surface area (Å²) in [5.74, 6) is 0.384. The number of ether oxygens (including phenoxy) is 1. The van der Waals surface area contributed by atoms with Gasteiger partial charge in [0, 0.05) is 24.0 Å². The maximum atomic E-state index is 13.8. The van der Waals surface area contributed by atoms with E-state index in [9.17, 15) is 9.59 Å². The molecule has 0 saturated carbocycles. The number of fused-ring (bicyclic) bond motifs is 1. The second-order valence-corrected chi connectivity index (χ2v) is 9.49. The van der Waals surface area contributed by atoms with E-state index in [-0.39, 0.29) is 11.5 Å². The van der Waals surface area contributed by atoms with E-state index < -0.39 is 6.04 Å². The van der Waals surface area contributed by atoms with Gasteiger partial charge in [-0.2, -0.15) is 5.10 Å². The highest BCUT2D eigenvalue weighted by molar-refractivity contribution is 7.07. The molecule has 0 unspecified atom stereocenters. The Labute approximate surface area is 211 Å². The summed E-state index contributed by atoms with van der Waals surface area (Å²) in [5.41, 5.74) is 4.04. The molecule has 2 aromatic heterocycles. The molecule has 1 atom stereocenters. The lowest BCUT2D eigenvalue weighted by Gasteiger charge is -2.25. The number of methoxy groups -OCH3 is 1. The Balaban J connectivity index is 1.68. The molecule has 182 valence electrons. The fourth-order valence-electron chi connectivity index (χ4n) is 4.23. The van der Waals surface area contributed by atoms with Crippen LogP contribution in [0, 0.1) is 6.92 Å². The third-order valence-electron chi connectivity index (χ3n) is 6.29. The second kappa shape index (κ2) is 9.43. The lowest BCUT2D eigenvalue weighted by Crippen LogP contribution is -2.40. The number of amides is 1. The van der Waals surface area contributed by atoms with Crippen LogP contribution < -0.4 is 24.9 Å². The Morgan fingerprint density at radius 2 is 1.83 bits per heavy atom. The number of carbonyl (C=O) groups excluding carboxylic acids is 1. The van der Waals surface area contributed by atoms with Gasteiger partial charge in [0.25, 0.3) is 11.5 Å². The van der Waals surface area contributed by atoms with E-state index in [0.717, 1.165) is 16.8 Å². The van der Waals surface area contributed by atoms with Crippen LogP contribution in [0.5, 0.6) is 5.75 Å². The minimum Gasteiger partial charge on any atom is -0.497 e. The fourth-order valence-corrected chi connectivity index (χ4v) is 5.27. The van der Waals surface area contributed by atoms with Crippen molar-refractivity contribution in [1.82, 2.24) is 14.3 Å². The normalized spacial score (nSPS) is 15.4. The summed E-state index contributed by atoms with van der Waals surface area (Å²) in [6.45, 7) is 3.75. The third kappa shape index (κ3) is 4.18. The molecule has 1 aliphatic rings. The van der Waals surface area contributed by atoms with Crippen molar-refractivity contribution in [3.05, 3.63) is 109 Å². The Bertz CT molecular complexity index is 1660. The summed E-state index contributed by atoms with van der Waals surface area (Å²) in [5, 5.41) is 7.23. The van der Waals surface area contributed by atoms with Gasteiger partial charge in [0.05, 0.1) is 35.2 Å². The molecule has 9 heteroatoms. The van der Waals surface area contributed by atoms with Crippen LogP contribution in [0.2, 0.25) is 0 Å². The van der Waals surface area contributed by atoms with Crippen LogP contribution in [-0.2, 0) is 11.8 Å². The number of allylic oxidation sites excluding steroid dienone is 1. The molecular formula is C27H25N5O3S. The molecule has 3 heterocycles.